The predicted octanol–water partition coefficient (Wildman–Crippen LogP) is 5.24. The quantitative estimate of drug-likeness (QED) is 0.471. The van der Waals surface area contributed by atoms with Crippen molar-refractivity contribution in [2.45, 2.75) is 0 Å². The van der Waals surface area contributed by atoms with Crippen molar-refractivity contribution in [3.8, 4) is 23.0 Å². The zero-order chi connectivity index (χ0) is 18.7. The Balaban J connectivity index is 2.64. The Hall–Kier alpha value is -1.25. The Morgan fingerprint density at radius 1 is 0.720 bits per heavy atom. The zero-order valence-corrected chi connectivity index (χ0v) is 18.7. The van der Waals surface area contributed by atoms with Gasteiger partial charge in [0.2, 0.25) is 0 Å². The minimum absolute atomic E-state index is 0.221. The molecule has 0 atom stereocenters. The van der Waals surface area contributed by atoms with E-state index in [1.54, 1.807) is 18.2 Å². The SMILES string of the molecule is COc1cc(Br)c(C(=O)c2cc(Br)c(OC)c(OC)c2Br)cc1OC. The molecule has 0 aliphatic carbocycles. The summed E-state index contributed by atoms with van der Waals surface area (Å²) in [4.78, 5) is 13.1. The van der Waals surface area contributed by atoms with E-state index in [0.717, 1.165) is 0 Å². The van der Waals surface area contributed by atoms with Gasteiger partial charge < -0.3 is 18.9 Å². The lowest BCUT2D eigenvalue weighted by Gasteiger charge is -2.16. The molecule has 0 N–H and O–H groups in total. The van der Waals surface area contributed by atoms with Crippen molar-refractivity contribution in [2.75, 3.05) is 28.4 Å². The molecule has 2 rings (SSSR count). The van der Waals surface area contributed by atoms with Gasteiger partial charge in [-0.15, -0.1) is 0 Å². The molecular formula is C17H15Br3O5. The normalized spacial score (nSPS) is 10.4. The molecule has 0 saturated heterocycles. The number of hydrogen-bond donors (Lipinski definition) is 0. The summed E-state index contributed by atoms with van der Waals surface area (Å²) in [6.45, 7) is 0. The summed E-state index contributed by atoms with van der Waals surface area (Å²) in [5, 5.41) is 0. The Kier molecular flexibility index (Phi) is 6.76. The van der Waals surface area contributed by atoms with Gasteiger partial charge >= 0.3 is 0 Å². The first kappa shape index (κ1) is 20.1. The highest BCUT2D eigenvalue weighted by Crippen LogP contribution is 2.44. The second kappa shape index (κ2) is 8.42. The van der Waals surface area contributed by atoms with Gasteiger partial charge in [0.15, 0.2) is 28.8 Å². The van der Waals surface area contributed by atoms with Gasteiger partial charge in [-0.2, -0.15) is 0 Å². The van der Waals surface area contributed by atoms with Crippen molar-refractivity contribution in [3.05, 3.63) is 42.7 Å². The number of carbonyl (C=O) groups is 1. The fourth-order valence-corrected chi connectivity index (χ4v) is 4.01. The van der Waals surface area contributed by atoms with Crippen LogP contribution in [0.15, 0.2) is 31.6 Å². The number of hydrogen-bond acceptors (Lipinski definition) is 5. The lowest BCUT2D eigenvalue weighted by molar-refractivity contribution is 0.103. The van der Waals surface area contributed by atoms with E-state index >= 15 is 0 Å². The minimum atomic E-state index is -0.221. The maximum atomic E-state index is 13.1. The summed E-state index contributed by atoms with van der Waals surface area (Å²) >= 11 is 10.3. The van der Waals surface area contributed by atoms with Crippen molar-refractivity contribution in [1.82, 2.24) is 0 Å². The molecule has 2 aromatic carbocycles. The number of ether oxygens (including phenoxy) is 4. The highest BCUT2D eigenvalue weighted by Gasteiger charge is 2.24. The second-order valence-electron chi connectivity index (χ2n) is 4.80. The van der Waals surface area contributed by atoms with Crippen molar-refractivity contribution in [2.24, 2.45) is 0 Å². The summed E-state index contributed by atoms with van der Waals surface area (Å²) in [5.41, 5.74) is 0.843. The first-order chi connectivity index (χ1) is 11.9. The maximum Gasteiger partial charge on any atom is 0.195 e. The van der Waals surface area contributed by atoms with Crippen LogP contribution in [0.3, 0.4) is 0 Å². The average molecular weight is 539 g/mol. The average Bonchev–Trinajstić information content (AvgIpc) is 2.61. The third kappa shape index (κ3) is 3.80. The summed E-state index contributed by atoms with van der Waals surface area (Å²) in [7, 11) is 6.09. The van der Waals surface area contributed by atoms with E-state index in [0.29, 0.717) is 47.5 Å². The molecule has 134 valence electrons. The molecule has 0 heterocycles. The molecule has 0 aliphatic rings. The van der Waals surface area contributed by atoms with Gasteiger partial charge in [-0.1, -0.05) is 0 Å². The van der Waals surface area contributed by atoms with E-state index in [1.807, 2.05) is 0 Å². The van der Waals surface area contributed by atoms with E-state index in [4.69, 9.17) is 18.9 Å². The van der Waals surface area contributed by atoms with Gasteiger partial charge in [0.1, 0.15) is 0 Å². The smallest absolute Gasteiger partial charge is 0.195 e. The van der Waals surface area contributed by atoms with Crippen LogP contribution in [-0.4, -0.2) is 34.2 Å². The number of carbonyl (C=O) groups excluding carboxylic acids is 1. The van der Waals surface area contributed by atoms with Crippen molar-refractivity contribution >= 4 is 53.6 Å². The van der Waals surface area contributed by atoms with Crippen LogP contribution in [0.4, 0.5) is 0 Å². The van der Waals surface area contributed by atoms with E-state index in [9.17, 15) is 4.79 Å². The van der Waals surface area contributed by atoms with Gasteiger partial charge in [0.25, 0.3) is 0 Å². The molecule has 2 aromatic rings. The van der Waals surface area contributed by atoms with Gasteiger partial charge in [-0.05, 0) is 66.0 Å². The van der Waals surface area contributed by atoms with Gasteiger partial charge in [-0.25, -0.2) is 0 Å². The van der Waals surface area contributed by atoms with Crippen LogP contribution >= 0.6 is 47.8 Å². The first-order valence-electron chi connectivity index (χ1n) is 6.95. The molecule has 0 amide bonds. The molecular weight excluding hydrogens is 524 g/mol. The molecule has 0 radical (unpaired) electrons. The van der Waals surface area contributed by atoms with E-state index in [2.05, 4.69) is 47.8 Å². The third-order valence-corrected chi connectivity index (χ3v) is 5.53. The van der Waals surface area contributed by atoms with Crippen molar-refractivity contribution < 1.29 is 23.7 Å². The molecule has 5 nitrogen and oxygen atoms in total. The maximum absolute atomic E-state index is 13.1. The molecule has 0 fully saturated rings. The highest BCUT2D eigenvalue weighted by atomic mass is 79.9. The number of benzene rings is 2. The summed E-state index contributed by atoms with van der Waals surface area (Å²) in [5.74, 6) is 1.69. The summed E-state index contributed by atoms with van der Waals surface area (Å²) in [6.07, 6.45) is 0. The van der Waals surface area contributed by atoms with Crippen LogP contribution < -0.4 is 18.9 Å². The van der Waals surface area contributed by atoms with Crippen LogP contribution in [0, 0.1) is 0 Å². The van der Waals surface area contributed by atoms with Crippen LogP contribution in [-0.2, 0) is 0 Å². The van der Waals surface area contributed by atoms with Gasteiger partial charge in [0, 0.05) is 15.6 Å². The second-order valence-corrected chi connectivity index (χ2v) is 7.30. The number of rotatable bonds is 6. The summed E-state index contributed by atoms with van der Waals surface area (Å²) < 4.78 is 22.9. The topological polar surface area (TPSA) is 54.0 Å². The lowest BCUT2D eigenvalue weighted by Crippen LogP contribution is -2.07. The molecule has 0 aliphatic heterocycles. The number of methoxy groups -OCH3 is 4. The molecule has 0 saturated carbocycles. The molecule has 0 spiro atoms. The first-order valence-corrected chi connectivity index (χ1v) is 9.33. The molecule has 25 heavy (non-hydrogen) atoms. The molecule has 8 heteroatoms. The largest absolute Gasteiger partial charge is 0.493 e. The van der Waals surface area contributed by atoms with Crippen molar-refractivity contribution in [3.63, 3.8) is 0 Å². The molecule has 0 aromatic heterocycles. The fourth-order valence-electron chi connectivity index (χ4n) is 2.30. The highest BCUT2D eigenvalue weighted by molar-refractivity contribution is 9.11. The fraction of sp³-hybridized carbons (Fsp3) is 0.235. The van der Waals surface area contributed by atoms with Gasteiger partial charge in [-0.3, -0.25) is 4.79 Å². The lowest BCUT2D eigenvalue weighted by atomic mass is 10.0. The predicted molar refractivity (Wildman–Crippen MR) is 106 cm³/mol. The Labute approximate surface area is 171 Å². The van der Waals surface area contributed by atoms with Crippen LogP contribution in [0.2, 0.25) is 0 Å². The van der Waals surface area contributed by atoms with E-state index < -0.39 is 0 Å². The van der Waals surface area contributed by atoms with Crippen molar-refractivity contribution in [1.29, 1.82) is 0 Å². The Morgan fingerprint density at radius 3 is 1.80 bits per heavy atom. The van der Waals surface area contributed by atoms with E-state index in [1.165, 1.54) is 28.4 Å². The van der Waals surface area contributed by atoms with Gasteiger partial charge in [0.05, 0.1) is 37.4 Å². The Bertz CT molecular complexity index is 821. The molecule has 0 bridgehead atoms. The monoisotopic (exact) mass is 536 g/mol. The number of ketones is 1. The summed E-state index contributed by atoms with van der Waals surface area (Å²) in [6, 6.07) is 5.00. The zero-order valence-electron chi connectivity index (χ0n) is 13.9. The standard InChI is InChI=1S/C17H15Br3O5/c1-22-12-6-8(10(18)7-13(12)23-2)15(21)9-5-11(19)16(24-3)17(25-4)14(9)20/h5-7H,1-4H3. The third-order valence-electron chi connectivity index (χ3n) is 3.50. The minimum Gasteiger partial charge on any atom is -0.493 e. The van der Waals surface area contributed by atoms with Crippen LogP contribution in [0.1, 0.15) is 15.9 Å². The van der Waals surface area contributed by atoms with Crippen LogP contribution in [0.25, 0.3) is 0 Å². The molecule has 0 unspecified atom stereocenters. The Morgan fingerprint density at radius 2 is 1.28 bits per heavy atom. The van der Waals surface area contributed by atoms with E-state index in [-0.39, 0.29) is 5.78 Å². The number of halogens is 3. The van der Waals surface area contributed by atoms with Crippen LogP contribution in [0.5, 0.6) is 23.0 Å².